The minimum atomic E-state index is -1.56. The van der Waals surface area contributed by atoms with Crippen LogP contribution in [0.15, 0.2) is 24.3 Å². The van der Waals surface area contributed by atoms with Crippen molar-refractivity contribution in [1.29, 1.82) is 0 Å². The van der Waals surface area contributed by atoms with Crippen LogP contribution < -0.4 is 11.1 Å². The van der Waals surface area contributed by atoms with Gasteiger partial charge in [0.1, 0.15) is 24.1 Å². The van der Waals surface area contributed by atoms with Crippen molar-refractivity contribution in [3.63, 3.8) is 0 Å². The average molecular weight is 541 g/mol. The molecule has 6 N–H and O–H groups in total. The number of halogens is 1. The summed E-state index contributed by atoms with van der Waals surface area (Å²) in [6, 6.07) is 4.16. The summed E-state index contributed by atoms with van der Waals surface area (Å²) in [7, 11) is 0. The van der Waals surface area contributed by atoms with Gasteiger partial charge in [0.2, 0.25) is 11.8 Å². The Labute approximate surface area is 222 Å². The lowest BCUT2D eigenvalue weighted by Gasteiger charge is -2.33. The van der Waals surface area contributed by atoms with Gasteiger partial charge in [0.05, 0.1) is 12.6 Å². The first-order chi connectivity index (χ1) is 18.1. The van der Waals surface area contributed by atoms with Gasteiger partial charge in [0.15, 0.2) is 0 Å². The number of carbonyl (C=O) groups is 3. The average Bonchev–Trinajstić information content (AvgIpc) is 2.89. The second kappa shape index (κ2) is 16.4. The van der Waals surface area contributed by atoms with E-state index in [4.69, 9.17) is 10.5 Å². The van der Waals surface area contributed by atoms with Crippen molar-refractivity contribution in [3.05, 3.63) is 35.6 Å². The molecule has 0 aromatic heterocycles. The number of β-amino-alcohol motifs (C(OH)–C–C–N with tert-alkyl or cyclic N) is 1. The molecule has 3 amide bonds. The quantitative estimate of drug-likeness (QED) is 0.292. The maximum Gasteiger partial charge on any atom is 0.254 e. The van der Waals surface area contributed by atoms with Crippen molar-refractivity contribution in [2.75, 3.05) is 45.9 Å². The first kappa shape index (κ1) is 31.6. The van der Waals surface area contributed by atoms with E-state index in [1.807, 2.05) is 0 Å². The topological polar surface area (TPSA) is 166 Å². The minimum Gasteiger partial charge on any atom is -0.388 e. The van der Waals surface area contributed by atoms with Crippen LogP contribution >= 0.6 is 0 Å². The normalized spacial score (nSPS) is 22.8. The number of ether oxygens (including phenoxy) is 1. The van der Waals surface area contributed by atoms with Crippen LogP contribution in [0.25, 0.3) is 0 Å². The Kier molecular flexibility index (Phi) is 13.6. The Hall–Kier alpha value is -2.64. The number of aliphatic hydroxyl groups excluding tert-OH is 3. The predicted octanol–water partition coefficient (Wildman–Crippen LogP) is -0.377. The third-order valence-electron chi connectivity index (χ3n) is 6.41. The highest BCUT2D eigenvalue weighted by Crippen LogP contribution is 2.13. The van der Waals surface area contributed by atoms with Gasteiger partial charge in [0, 0.05) is 51.8 Å². The van der Waals surface area contributed by atoms with Gasteiger partial charge in [-0.2, -0.15) is 0 Å². The van der Waals surface area contributed by atoms with E-state index < -0.39 is 36.1 Å². The van der Waals surface area contributed by atoms with Crippen LogP contribution in [0.1, 0.15) is 49.4 Å². The maximum absolute atomic E-state index is 13.4. The van der Waals surface area contributed by atoms with Gasteiger partial charge in [-0.25, -0.2) is 4.39 Å². The number of carbonyl (C=O) groups excluding carboxylic acids is 3. The van der Waals surface area contributed by atoms with Crippen molar-refractivity contribution in [2.45, 2.75) is 63.4 Å². The zero-order valence-electron chi connectivity index (χ0n) is 21.9. The number of aliphatic hydroxyl groups is 3. The molecule has 0 bridgehead atoms. The van der Waals surface area contributed by atoms with Gasteiger partial charge >= 0.3 is 0 Å². The molecule has 1 aromatic carbocycles. The number of rotatable bonds is 7. The van der Waals surface area contributed by atoms with Gasteiger partial charge in [-0.15, -0.1) is 0 Å². The van der Waals surface area contributed by atoms with E-state index in [2.05, 4.69) is 5.32 Å². The Bertz CT molecular complexity index is 889. The number of nitrogens with two attached hydrogens (primary N) is 1. The summed E-state index contributed by atoms with van der Waals surface area (Å²) in [6.45, 7) is 2.23. The molecule has 0 saturated carbocycles. The van der Waals surface area contributed by atoms with Crippen LogP contribution in [0, 0.1) is 5.82 Å². The number of nitrogens with one attached hydrogen (secondary N) is 1. The number of unbranched alkanes of at least 4 members (excludes halogenated alkanes) is 1. The number of nitrogens with zero attached hydrogens (tertiary/aromatic N) is 2. The second-order valence-corrected chi connectivity index (χ2v) is 9.58. The zero-order chi connectivity index (χ0) is 28.1. The fourth-order valence-electron chi connectivity index (χ4n) is 4.14. The molecule has 1 aliphatic rings. The van der Waals surface area contributed by atoms with Crippen LogP contribution in [0.3, 0.4) is 0 Å². The molecule has 1 heterocycles. The van der Waals surface area contributed by atoms with Crippen molar-refractivity contribution >= 4 is 17.7 Å². The molecule has 1 fully saturated rings. The lowest BCUT2D eigenvalue weighted by molar-refractivity contribution is -0.133. The van der Waals surface area contributed by atoms with Crippen LogP contribution in [0.2, 0.25) is 0 Å². The summed E-state index contributed by atoms with van der Waals surface area (Å²) < 4.78 is 18.8. The summed E-state index contributed by atoms with van der Waals surface area (Å²) in [5, 5.41) is 33.8. The lowest BCUT2D eigenvalue weighted by Crippen LogP contribution is -2.51. The smallest absolute Gasteiger partial charge is 0.254 e. The van der Waals surface area contributed by atoms with Crippen molar-refractivity contribution in [2.24, 2.45) is 5.73 Å². The van der Waals surface area contributed by atoms with Crippen LogP contribution in [-0.4, -0.2) is 113 Å². The molecule has 12 heteroatoms. The summed E-state index contributed by atoms with van der Waals surface area (Å²) in [6.07, 6.45) is -1.47. The number of amides is 3. The molecular formula is C26H41FN4O7. The van der Waals surface area contributed by atoms with Crippen LogP contribution in [0.5, 0.6) is 0 Å². The minimum absolute atomic E-state index is 0.0214. The Morgan fingerprint density at radius 3 is 2.42 bits per heavy atom. The molecule has 1 aliphatic heterocycles. The Morgan fingerprint density at radius 1 is 1.05 bits per heavy atom. The third kappa shape index (κ3) is 10.6. The highest BCUT2D eigenvalue weighted by molar-refractivity contribution is 5.94. The van der Waals surface area contributed by atoms with E-state index in [9.17, 15) is 34.1 Å². The number of hydrogen-bond donors (Lipinski definition) is 5. The highest BCUT2D eigenvalue weighted by atomic mass is 19.1. The van der Waals surface area contributed by atoms with Gasteiger partial charge in [-0.05, 0) is 56.4 Å². The monoisotopic (exact) mass is 540 g/mol. The second-order valence-electron chi connectivity index (χ2n) is 9.58. The molecule has 0 aliphatic carbocycles. The van der Waals surface area contributed by atoms with E-state index in [-0.39, 0.29) is 43.6 Å². The first-order valence-corrected chi connectivity index (χ1v) is 13.1. The molecule has 0 spiro atoms. The number of benzene rings is 1. The summed E-state index contributed by atoms with van der Waals surface area (Å²) >= 11 is 0. The van der Waals surface area contributed by atoms with Crippen molar-refractivity contribution < 1.29 is 38.8 Å². The first-order valence-electron chi connectivity index (χ1n) is 13.1. The molecule has 1 saturated heterocycles. The standard InChI is InChI=1S/C26H41FN4O7/c1-18(32)29-11-3-2-6-21(28)26(37)30-12-4-5-15-38-17-23(34)24(35)22(33)16-31(14-13-30)25(36)19-7-9-20(27)10-8-19/h7-10,21-24,33-35H,2-6,11-17,28H2,1H3,(H,29,32)/t21-,22-,23+,24+/m0/s1. The van der Waals surface area contributed by atoms with Gasteiger partial charge < -0.3 is 40.9 Å². The third-order valence-corrected chi connectivity index (χ3v) is 6.41. The molecule has 1 aromatic rings. The molecular weight excluding hydrogens is 499 g/mol. The Balaban J connectivity index is 2.14. The maximum atomic E-state index is 13.4. The fourth-order valence-corrected chi connectivity index (χ4v) is 4.14. The van der Waals surface area contributed by atoms with E-state index in [1.54, 1.807) is 4.90 Å². The molecule has 11 nitrogen and oxygen atoms in total. The van der Waals surface area contributed by atoms with Crippen LogP contribution in [0.4, 0.5) is 4.39 Å². The molecule has 38 heavy (non-hydrogen) atoms. The van der Waals surface area contributed by atoms with Crippen LogP contribution in [-0.2, 0) is 14.3 Å². The molecule has 0 unspecified atom stereocenters. The zero-order valence-corrected chi connectivity index (χ0v) is 21.9. The largest absolute Gasteiger partial charge is 0.388 e. The van der Waals surface area contributed by atoms with Crippen molar-refractivity contribution in [3.8, 4) is 0 Å². The summed E-state index contributed by atoms with van der Waals surface area (Å²) in [4.78, 5) is 40.2. The summed E-state index contributed by atoms with van der Waals surface area (Å²) in [5.41, 5.74) is 6.36. The van der Waals surface area contributed by atoms with E-state index in [0.717, 1.165) is 12.1 Å². The molecule has 2 rings (SSSR count). The van der Waals surface area contributed by atoms with Gasteiger partial charge in [-0.3, -0.25) is 14.4 Å². The fraction of sp³-hybridized carbons (Fsp3) is 0.654. The number of hydrogen-bond acceptors (Lipinski definition) is 8. The Morgan fingerprint density at radius 2 is 1.74 bits per heavy atom. The predicted molar refractivity (Wildman–Crippen MR) is 137 cm³/mol. The SMILES string of the molecule is CC(=O)NCCCC[C@H](N)C(=O)N1CCCCOC[C@@H](O)[C@H](O)[C@@H](O)CN(C(=O)c2ccc(F)cc2)CC1. The van der Waals surface area contributed by atoms with E-state index in [1.165, 1.54) is 24.0 Å². The van der Waals surface area contributed by atoms with Gasteiger partial charge in [-0.1, -0.05) is 0 Å². The molecule has 4 atom stereocenters. The van der Waals surface area contributed by atoms with E-state index in [0.29, 0.717) is 51.8 Å². The highest BCUT2D eigenvalue weighted by Gasteiger charge is 2.30. The molecule has 0 radical (unpaired) electrons. The molecule has 214 valence electrons. The van der Waals surface area contributed by atoms with E-state index >= 15 is 0 Å². The summed E-state index contributed by atoms with van der Waals surface area (Å²) in [5.74, 6) is -1.43. The lowest BCUT2D eigenvalue weighted by atomic mass is 10.1. The van der Waals surface area contributed by atoms with Crippen molar-refractivity contribution in [1.82, 2.24) is 15.1 Å². The van der Waals surface area contributed by atoms with Gasteiger partial charge in [0.25, 0.3) is 5.91 Å².